The second-order valence-corrected chi connectivity index (χ2v) is 8.13. The number of benzene rings is 3. The fourth-order valence-corrected chi connectivity index (χ4v) is 3.99. The molecule has 34 heavy (non-hydrogen) atoms. The monoisotopic (exact) mass is 457 g/mol. The zero-order chi connectivity index (χ0) is 23.6. The summed E-state index contributed by atoms with van der Waals surface area (Å²) in [6, 6.07) is 25.2. The number of rotatable bonds is 12. The van der Waals surface area contributed by atoms with Crippen LogP contribution in [0.1, 0.15) is 35.4 Å². The van der Waals surface area contributed by atoms with Crippen molar-refractivity contribution in [3.8, 4) is 11.5 Å². The van der Waals surface area contributed by atoms with E-state index in [-0.39, 0.29) is 5.91 Å². The highest BCUT2D eigenvalue weighted by Crippen LogP contribution is 2.20. The van der Waals surface area contributed by atoms with Gasteiger partial charge in [0.15, 0.2) is 0 Å². The normalized spacial score (nSPS) is 10.9. The van der Waals surface area contributed by atoms with Crippen LogP contribution in [-0.2, 0) is 13.0 Å². The lowest BCUT2D eigenvalue weighted by Gasteiger charge is -2.12. The highest BCUT2D eigenvalue weighted by Gasteiger charge is 2.11. The third kappa shape index (κ3) is 6.16. The van der Waals surface area contributed by atoms with Crippen molar-refractivity contribution in [3.63, 3.8) is 0 Å². The minimum absolute atomic E-state index is 0.0153. The number of ether oxygens (including phenoxy) is 2. The highest BCUT2D eigenvalue weighted by molar-refractivity contribution is 5.94. The van der Waals surface area contributed by atoms with Gasteiger partial charge in [0, 0.05) is 24.6 Å². The van der Waals surface area contributed by atoms with Gasteiger partial charge in [0.2, 0.25) is 0 Å². The smallest absolute Gasteiger partial charge is 0.251 e. The van der Waals surface area contributed by atoms with Crippen LogP contribution in [0.15, 0.2) is 78.9 Å². The van der Waals surface area contributed by atoms with Gasteiger partial charge in [0.05, 0.1) is 24.7 Å². The van der Waals surface area contributed by atoms with Crippen LogP contribution in [0.5, 0.6) is 11.5 Å². The van der Waals surface area contributed by atoms with Crippen LogP contribution >= 0.6 is 0 Å². The van der Waals surface area contributed by atoms with Crippen LogP contribution in [0.25, 0.3) is 11.0 Å². The van der Waals surface area contributed by atoms with Crippen molar-refractivity contribution < 1.29 is 14.3 Å². The predicted molar refractivity (Wildman–Crippen MR) is 135 cm³/mol. The van der Waals surface area contributed by atoms with E-state index in [0.29, 0.717) is 18.7 Å². The molecule has 0 aliphatic carbocycles. The first-order valence-electron chi connectivity index (χ1n) is 11.8. The zero-order valence-electron chi connectivity index (χ0n) is 19.6. The quantitative estimate of drug-likeness (QED) is 0.295. The van der Waals surface area contributed by atoms with E-state index >= 15 is 0 Å². The van der Waals surface area contributed by atoms with Crippen molar-refractivity contribution in [1.29, 1.82) is 0 Å². The molecule has 0 unspecified atom stereocenters. The molecule has 0 aliphatic heterocycles. The van der Waals surface area contributed by atoms with Crippen molar-refractivity contribution in [2.24, 2.45) is 0 Å². The Morgan fingerprint density at radius 3 is 2.56 bits per heavy atom. The maximum Gasteiger partial charge on any atom is 0.251 e. The summed E-state index contributed by atoms with van der Waals surface area (Å²) in [5.41, 5.74) is 2.84. The fraction of sp³-hybridized carbons (Fsp3) is 0.286. The van der Waals surface area contributed by atoms with E-state index in [1.54, 1.807) is 7.11 Å². The molecular formula is C28H31N3O3. The molecular weight excluding hydrogens is 426 g/mol. The zero-order valence-corrected chi connectivity index (χ0v) is 19.6. The molecule has 1 aromatic heterocycles. The number of imidazole rings is 1. The number of amides is 1. The lowest BCUT2D eigenvalue weighted by Crippen LogP contribution is -2.24. The average Bonchev–Trinajstić information content (AvgIpc) is 3.24. The molecule has 0 aliphatic rings. The summed E-state index contributed by atoms with van der Waals surface area (Å²) >= 11 is 0. The summed E-state index contributed by atoms with van der Waals surface area (Å²) in [4.78, 5) is 17.0. The number of aryl methyl sites for hydroxylation is 1. The van der Waals surface area contributed by atoms with Gasteiger partial charge in [-0.2, -0.15) is 0 Å². The van der Waals surface area contributed by atoms with E-state index in [1.165, 1.54) is 0 Å². The summed E-state index contributed by atoms with van der Waals surface area (Å²) in [5, 5.41) is 3.00. The van der Waals surface area contributed by atoms with Gasteiger partial charge in [0.25, 0.3) is 5.91 Å². The van der Waals surface area contributed by atoms with Crippen molar-refractivity contribution in [1.82, 2.24) is 14.9 Å². The number of hydrogen-bond acceptors (Lipinski definition) is 4. The molecule has 0 spiro atoms. The molecule has 1 heterocycles. The van der Waals surface area contributed by atoms with Crippen molar-refractivity contribution in [3.05, 3.63) is 90.3 Å². The van der Waals surface area contributed by atoms with E-state index in [4.69, 9.17) is 14.5 Å². The topological polar surface area (TPSA) is 65.4 Å². The molecule has 176 valence electrons. The van der Waals surface area contributed by atoms with Crippen LogP contribution < -0.4 is 14.8 Å². The standard InChI is InChI=1S/C28H31N3O3/c1-33-23-13-10-14-24(21-23)34-20-19-31-26-16-8-7-15-25(26)30-27(31)17-6-3-9-18-29-28(32)22-11-4-2-5-12-22/h2,4-5,7-8,10-16,21H,3,6,9,17-20H2,1H3,(H,29,32). The predicted octanol–water partition coefficient (Wildman–Crippen LogP) is 5.27. The second kappa shape index (κ2) is 11.9. The lowest BCUT2D eigenvalue weighted by atomic mass is 10.1. The van der Waals surface area contributed by atoms with Crippen LogP contribution in [-0.4, -0.2) is 35.7 Å². The minimum Gasteiger partial charge on any atom is -0.497 e. The molecule has 6 nitrogen and oxygen atoms in total. The third-order valence-corrected chi connectivity index (χ3v) is 5.76. The van der Waals surface area contributed by atoms with Crippen LogP contribution in [0.2, 0.25) is 0 Å². The van der Waals surface area contributed by atoms with Gasteiger partial charge in [-0.3, -0.25) is 4.79 Å². The van der Waals surface area contributed by atoms with Gasteiger partial charge in [0.1, 0.15) is 23.9 Å². The number of fused-ring (bicyclic) bond motifs is 1. The Balaban J connectivity index is 1.28. The number of aromatic nitrogens is 2. The third-order valence-electron chi connectivity index (χ3n) is 5.76. The number of unbranched alkanes of at least 4 members (excludes halogenated alkanes) is 2. The van der Waals surface area contributed by atoms with E-state index in [1.807, 2.05) is 66.7 Å². The van der Waals surface area contributed by atoms with E-state index in [9.17, 15) is 4.79 Å². The molecule has 0 bridgehead atoms. The number of nitrogens with zero attached hydrogens (tertiary/aromatic N) is 2. The maximum absolute atomic E-state index is 12.1. The molecule has 1 N–H and O–H groups in total. The molecule has 0 radical (unpaired) electrons. The Kier molecular flexibility index (Phi) is 8.17. The Morgan fingerprint density at radius 1 is 0.912 bits per heavy atom. The summed E-state index contributed by atoms with van der Waals surface area (Å²) in [7, 11) is 1.65. The number of carbonyl (C=O) groups excluding carboxylic acids is 1. The molecule has 4 rings (SSSR count). The summed E-state index contributed by atoms with van der Waals surface area (Å²) in [5.74, 6) is 2.64. The maximum atomic E-state index is 12.1. The van der Waals surface area contributed by atoms with Gasteiger partial charge < -0.3 is 19.4 Å². The van der Waals surface area contributed by atoms with E-state index in [0.717, 1.165) is 60.6 Å². The van der Waals surface area contributed by atoms with Gasteiger partial charge in [-0.05, 0) is 49.2 Å². The number of methoxy groups -OCH3 is 1. The van der Waals surface area contributed by atoms with Crippen molar-refractivity contribution in [2.45, 2.75) is 32.2 Å². The van der Waals surface area contributed by atoms with E-state index < -0.39 is 0 Å². The molecule has 1 amide bonds. The average molecular weight is 458 g/mol. The largest absolute Gasteiger partial charge is 0.497 e. The van der Waals surface area contributed by atoms with Crippen molar-refractivity contribution >= 4 is 16.9 Å². The number of hydrogen-bond donors (Lipinski definition) is 1. The molecule has 0 atom stereocenters. The van der Waals surface area contributed by atoms with Crippen LogP contribution in [0, 0.1) is 0 Å². The fourth-order valence-electron chi connectivity index (χ4n) is 3.99. The van der Waals surface area contributed by atoms with Gasteiger partial charge in [-0.15, -0.1) is 0 Å². The Hall–Kier alpha value is -3.80. The molecule has 0 saturated heterocycles. The van der Waals surface area contributed by atoms with E-state index in [2.05, 4.69) is 22.0 Å². The van der Waals surface area contributed by atoms with Crippen LogP contribution in [0.4, 0.5) is 0 Å². The Labute approximate surface area is 200 Å². The lowest BCUT2D eigenvalue weighted by molar-refractivity contribution is 0.0953. The van der Waals surface area contributed by atoms with Gasteiger partial charge in [-0.1, -0.05) is 42.8 Å². The Bertz CT molecular complexity index is 1200. The molecule has 3 aromatic carbocycles. The Morgan fingerprint density at radius 2 is 1.71 bits per heavy atom. The number of nitrogens with one attached hydrogen (secondary N) is 1. The summed E-state index contributed by atoms with van der Waals surface area (Å²) in [6.07, 6.45) is 3.87. The first kappa shape index (κ1) is 23.4. The first-order chi connectivity index (χ1) is 16.7. The van der Waals surface area contributed by atoms with Gasteiger partial charge in [-0.25, -0.2) is 4.98 Å². The van der Waals surface area contributed by atoms with Crippen LogP contribution in [0.3, 0.4) is 0 Å². The molecule has 0 saturated carbocycles. The molecule has 0 fully saturated rings. The molecule has 6 heteroatoms. The molecule has 4 aromatic rings. The summed E-state index contributed by atoms with van der Waals surface area (Å²) in [6.45, 7) is 1.95. The summed E-state index contributed by atoms with van der Waals surface area (Å²) < 4.78 is 13.5. The second-order valence-electron chi connectivity index (χ2n) is 8.13. The SMILES string of the molecule is COc1cccc(OCCn2c(CCCCCNC(=O)c3ccccc3)nc3ccccc32)c1. The highest BCUT2D eigenvalue weighted by atomic mass is 16.5. The first-order valence-corrected chi connectivity index (χ1v) is 11.8. The van der Waals surface area contributed by atoms with Crippen molar-refractivity contribution in [2.75, 3.05) is 20.3 Å². The van der Waals surface area contributed by atoms with Gasteiger partial charge >= 0.3 is 0 Å². The minimum atomic E-state index is -0.0153. The number of carbonyl (C=O) groups is 1. The number of para-hydroxylation sites is 2.